The van der Waals surface area contributed by atoms with Gasteiger partial charge in [-0.3, -0.25) is 14.3 Å². The van der Waals surface area contributed by atoms with Gasteiger partial charge in [-0.1, -0.05) is 23.7 Å². The summed E-state index contributed by atoms with van der Waals surface area (Å²) in [6.45, 7) is 1.90. The first-order valence-corrected chi connectivity index (χ1v) is 11.3. The Hall–Kier alpha value is -4.84. The molecule has 0 atom stereocenters. The number of nitroso groups, excluding NO2 is 1. The molecule has 0 saturated carbocycles. The van der Waals surface area contributed by atoms with Gasteiger partial charge in [-0.05, 0) is 55.0 Å². The second-order valence-electron chi connectivity index (χ2n) is 7.67. The first kappa shape index (κ1) is 25.3. The number of carbonyl (C=O) groups is 1. The lowest BCUT2D eigenvalue weighted by Gasteiger charge is -2.13. The second-order valence-corrected chi connectivity index (χ2v) is 8.11. The molecular weight excluding hydrogens is 502 g/mol. The highest BCUT2D eigenvalue weighted by molar-refractivity contribution is 6.30. The molecule has 12 nitrogen and oxygen atoms in total. The SMILES string of the molecule is CCn1c(=O)n(N)/c(=N\c2ccc(Oc3ccnc(C(=O)N=O)c3)cc2)n(Cc2ccc(Cl)cc2)c1=O. The molecule has 0 aliphatic rings. The largest absolute Gasteiger partial charge is 0.457 e. The molecule has 0 aliphatic heterocycles. The Bertz CT molecular complexity index is 1660. The molecule has 0 aliphatic carbocycles. The Morgan fingerprint density at radius 3 is 2.35 bits per heavy atom. The molecule has 0 unspecified atom stereocenters. The van der Waals surface area contributed by atoms with Gasteiger partial charge in [-0.15, -0.1) is 4.91 Å². The van der Waals surface area contributed by atoms with Gasteiger partial charge in [0.2, 0.25) is 5.62 Å². The summed E-state index contributed by atoms with van der Waals surface area (Å²) in [5.74, 6) is 5.71. The molecular formula is C24H20ClN7O5. The fraction of sp³-hybridized carbons (Fsp3) is 0.125. The average Bonchev–Trinajstić information content (AvgIpc) is 2.91. The number of hydrogen-bond donors (Lipinski definition) is 1. The molecule has 188 valence electrons. The maximum atomic E-state index is 13.1. The zero-order valence-electron chi connectivity index (χ0n) is 19.4. The molecule has 37 heavy (non-hydrogen) atoms. The number of aromatic nitrogens is 4. The maximum Gasteiger partial charge on any atom is 0.353 e. The van der Waals surface area contributed by atoms with Crippen molar-refractivity contribution >= 4 is 23.2 Å². The third kappa shape index (κ3) is 5.54. The number of rotatable bonds is 7. The molecule has 13 heteroatoms. The Labute approximate surface area is 213 Å². The van der Waals surface area contributed by atoms with Crippen LogP contribution in [0, 0.1) is 4.91 Å². The fourth-order valence-electron chi connectivity index (χ4n) is 3.43. The molecule has 2 aromatic carbocycles. The number of nitrogen functional groups attached to an aromatic ring is 1. The second kappa shape index (κ2) is 10.8. The van der Waals surface area contributed by atoms with Crippen LogP contribution in [-0.2, 0) is 13.1 Å². The van der Waals surface area contributed by atoms with E-state index in [0.717, 1.165) is 14.8 Å². The minimum absolute atomic E-state index is 0.0537. The number of pyridine rings is 1. The zero-order valence-corrected chi connectivity index (χ0v) is 20.2. The van der Waals surface area contributed by atoms with Crippen molar-refractivity contribution in [3.05, 3.63) is 115 Å². The lowest BCUT2D eigenvalue weighted by molar-refractivity contribution is 0.0995. The van der Waals surface area contributed by atoms with E-state index in [4.69, 9.17) is 22.2 Å². The molecule has 0 radical (unpaired) electrons. The standard InChI is InChI=1S/C24H20ClN7O5/c1-2-30-23(34)31(14-15-3-5-16(25)6-4-15)22(32(26)24(30)35)28-17-7-9-18(10-8-17)37-19-11-12-27-20(13-19)21(33)29-36/h3-13H,2,14,26H2,1H3/b28-22-. The first-order valence-electron chi connectivity index (χ1n) is 10.9. The molecule has 1 amide bonds. The van der Waals surface area contributed by atoms with Gasteiger partial charge < -0.3 is 10.6 Å². The van der Waals surface area contributed by atoms with Crippen LogP contribution in [0.4, 0.5) is 5.69 Å². The molecule has 0 spiro atoms. The van der Waals surface area contributed by atoms with Crippen molar-refractivity contribution in [3.63, 3.8) is 0 Å². The normalized spacial score (nSPS) is 11.4. The lowest BCUT2D eigenvalue weighted by atomic mass is 10.2. The van der Waals surface area contributed by atoms with Gasteiger partial charge in [0.05, 0.1) is 12.2 Å². The van der Waals surface area contributed by atoms with Crippen molar-refractivity contribution in [1.82, 2.24) is 18.8 Å². The monoisotopic (exact) mass is 521 g/mol. The van der Waals surface area contributed by atoms with Gasteiger partial charge in [0, 0.05) is 29.0 Å². The van der Waals surface area contributed by atoms with Crippen LogP contribution in [0.1, 0.15) is 23.0 Å². The molecule has 2 heterocycles. The van der Waals surface area contributed by atoms with Crippen molar-refractivity contribution in [1.29, 1.82) is 0 Å². The van der Waals surface area contributed by atoms with Gasteiger partial charge >= 0.3 is 17.3 Å². The number of amides is 1. The van der Waals surface area contributed by atoms with Crippen molar-refractivity contribution in [2.45, 2.75) is 20.0 Å². The number of benzene rings is 2. The van der Waals surface area contributed by atoms with E-state index in [2.05, 4.69) is 15.2 Å². The lowest BCUT2D eigenvalue weighted by Crippen LogP contribution is -2.57. The number of nitrogens with zero attached hydrogens (tertiary/aromatic N) is 6. The summed E-state index contributed by atoms with van der Waals surface area (Å²) < 4.78 is 8.83. The highest BCUT2D eigenvalue weighted by Gasteiger charge is 2.13. The van der Waals surface area contributed by atoms with Crippen LogP contribution in [0.2, 0.25) is 5.02 Å². The number of carbonyl (C=O) groups excluding carboxylic acids is 1. The van der Waals surface area contributed by atoms with Gasteiger partial charge in [-0.2, -0.15) is 4.68 Å². The minimum atomic E-state index is -1.01. The summed E-state index contributed by atoms with van der Waals surface area (Å²) in [6, 6.07) is 16.1. The highest BCUT2D eigenvalue weighted by Crippen LogP contribution is 2.24. The summed E-state index contributed by atoms with van der Waals surface area (Å²) in [5, 5.41) is 2.89. The number of ether oxygens (including phenoxy) is 1. The summed E-state index contributed by atoms with van der Waals surface area (Å²) in [5.41, 5.74) is -0.315. The zero-order chi connectivity index (χ0) is 26.5. The van der Waals surface area contributed by atoms with Crippen LogP contribution < -0.4 is 27.6 Å². The van der Waals surface area contributed by atoms with Gasteiger partial charge in [-0.25, -0.2) is 19.1 Å². The van der Waals surface area contributed by atoms with E-state index in [0.29, 0.717) is 16.5 Å². The quantitative estimate of drug-likeness (QED) is 0.289. The predicted octanol–water partition coefficient (Wildman–Crippen LogP) is 2.57. The number of hydrogen-bond acceptors (Lipinski definition) is 8. The Kier molecular flexibility index (Phi) is 7.39. The van der Waals surface area contributed by atoms with Crippen LogP contribution in [-0.4, -0.2) is 24.7 Å². The molecule has 4 rings (SSSR count). The topological polar surface area (TPSA) is 156 Å². The van der Waals surface area contributed by atoms with Crippen LogP contribution in [0.25, 0.3) is 0 Å². The molecule has 4 aromatic rings. The summed E-state index contributed by atoms with van der Waals surface area (Å²) >= 11 is 5.97. The number of halogens is 1. The van der Waals surface area contributed by atoms with Crippen LogP contribution >= 0.6 is 11.6 Å². The van der Waals surface area contributed by atoms with Gasteiger partial charge in [0.1, 0.15) is 17.2 Å². The van der Waals surface area contributed by atoms with Crippen molar-refractivity contribution in [2.24, 2.45) is 10.2 Å². The van der Waals surface area contributed by atoms with E-state index in [-0.39, 0.29) is 30.2 Å². The van der Waals surface area contributed by atoms with Crippen molar-refractivity contribution in [3.8, 4) is 11.5 Å². The molecule has 0 fully saturated rings. The van der Waals surface area contributed by atoms with E-state index in [1.165, 1.54) is 22.9 Å². The van der Waals surface area contributed by atoms with Gasteiger partial charge in [0.25, 0.3) is 0 Å². The summed E-state index contributed by atoms with van der Waals surface area (Å²) in [6.07, 6.45) is 1.32. The highest BCUT2D eigenvalue weighted by atomic mass is 35.5. The van der Waals surface area contributed by atoms with E-state index in [9.17, 15) is 19.3 Å². The first-order chi connectivity index (χ1) is 17.8. The van der Waals surface area contributed by atoms with Gasteiger partial charge in [0.15, 0.2) is 0 Å². The van der Waals surface area contributed by atoms with Crippen LogP contribution in [0.5, 0.6) is 11.5 Å². The van der Waals surface area contributed by atoms with E-state index in [1.807, 2.05) is 0 Å². The summed E-state index contributed by atoms with van der Waals surface area (Å²) in [7, 11) is 0. The third-order valence-electron chi connectivity index (χ3n) is 5.26. The van der Waals surface area contributed by atoms with E-state index in [1.54, 1.807) is 55.5 Å². The number of nitrogens with two attached hydrogens (primary N) is 1. The predicted molar refractivity (Wildman–Crippen MR) is 135 cm³/mol. The van der Waals surface area contributed by atoms with E-state index >= 15 is 0 Å². The molecule has 2 N–H and O–H groups in total. The minimum Gasteiger partial charge on any atom is -0.457 e. The molecule has 2 aromatic heterocycles. The molecule has 0 bridgehead atoms. The Morgan fingerprint density at radius 2 is 1.70 bits per heavy atom. The fourth-order valence-corrected chi connectivity index (χ4v) is 3.56. The molecule has 0 saturated heterocycles. The Balaban J connectivity index is 1.72. The van der Waals surface area contributed by atoms with Crippen molar-refractivity contribution < 1.29 is 9.53 Å². The van der Waals surface area contributed by atoms with Crippen molar-refractivity contribution in [2.75, 3.05) is 5.84 Å². The van der Waals surface area contributed by atoms with Crippen LogP contribution in [0.3, 0.4) is 0 Å². The third-order valence-corrected chi connectivity index (χ3v) is 5.51. The maximum absolute atomic E-state index is 13.1. The van der Waals surface area contributed by atoms with Crippen LogP contribution in [0.15, 0.2) is 86.6 Å². The summed E-state index contributed by atoms with van der Waals surface area (Å²) in [4.78, 5) is 55.9. The average molecular weight is 522 g/mol. The van der Waals surface area contributed by atoms with E-state index < -0.39 is 17.3 Å². The Morgan fingerprint density at radius 1 is 1.00 bits per heavy atom. The smallest absolute Gasteiger partial charge is 0.353 e.